The Morgan fingerprint density at radius 2 is 1.68 bits per heavy atom. The third kappa shape index (κ3) is 2.95. The van der Waals surface area contributed by atoms with Crippen molar-refractivity contribution in [2.75, 3.05) is 0 Å². The molecule has 0 aliphatic carbocycles. The van der Waals surface area contributed by atoms with E-state index >= 15 is 0 Å². The Morgan fingerprint density at radius 1 is 1.05 bits per heavy atom. The van der Waals surface area contributed by atoms with Crippen LogP contribution in [0.3, 0.4) is 0 Å². The SMILES string of the molecule is CC(C)c1cc(C(F)(F)F)c(-c2ccccc2)cn1. The molecule has 4 heteroatoms. The summed E-state index contributed by atoms with van der Waals surface area (Å²) in [5.41, 5.74) is 0.472. The summed E-state index contributed by atoms with van der Waals surface area (Å²) in [5, 5.41) is 0. The lowest BCUT2D eigenvalue weighted by atomic mass is 9.98. The summed E-state index contributed by atoms with van der Waals surface area (Å²) in [7, 11) is 0. The van der Waals surface area contributed by atoms with Gasteiger partial charge >= 0.3 is 6.18 Å². The number of hydrogen-bond acceptors (Lipinski definition) is 1. The summed E-state index contributed by atoms with van der Waals surface area (Å²) in [6.07, 6.45) is -3.06. The van der Waals surface area contributed by atoms with Gasteiger partial charge in [0.2, 0.25) is 0 Å². The number of benzene rings is 1. The Balaban J connectivity index is 2.62. The zero-order chi connectivity index (χ0) is 14.0. The van der Waals surface area contributed by atoms with Crippen molar-refractivity contribution in [2.45, 2.75) is 25.9 Å². The van der Waals surface area contributed by atoms with Crippen LogP contribution < -0.4 is 0 Å². The quantitative estimate of drug-likeness (QED) is 0.753. The smallest absolute Gasteiger partial charge is 0.260 e. The normalized spacial score (nSPS) is 11.9. The van der Waals surface area contributed by atoms with Gasteiger partial charge in [-0.05, 0) is 17.5 Å². The second-order valence-corrected chi connectivity index (χ2v) is 4.67. The van der Waals surface area contributed by atoms with Crippen molar-refractivity contribution >= 4 is 0 Å². The van der Waals surface area contributed by atoms with Crippen molar-refractivity contribution in [1.82, 2.24) is 4.98 Å². The molecular formula is C15H14F3N. The fraction of sp³-hybridized carbons (Fsp3) is 0.267. The van der Waals surface area contributed by atoms with Crippen LogP contribution in [0.15, 0.2) is 42.6 Å². The summed E-state index contributed by atoms with van der Waals surface area (Å²) >= 11 is 0. The number of rotatable bonds is 2. The molecule has 0 bridgehead atoms. The lowest BCUT2D eigenvalue weighted by Gasteiger charge is -2.15. The van der Waals surface area contributed by atoms with Gasteiger partial charge in [0.05, 0.1) is 5.56 Å². The second-order valence-electron chi connectivity index (χ2n) is 4.67. The summed E-state index contributed by atoms with van der Waals surface area (Å²) < 4.78 is 39.4. The summed E-state index contributed by atoms with van der Waals surface area (Å²) in [6.45, 7) is 3.65. The first-order valence-electron chi connectivity index (χ1n) is 6.02. The fourth-order valence-electron chi connectivity index (χ4n) is 1.87. The largest absolute Gasteiger partial charge is 0.417 e. The monoisotopic (exact) mass is 265 g/mol. The first kappa shape index (κ1) is 13.6. The predicted molar refractivity (Wildman–Crippen MR) is 68.8 cm³/mol. The third-order valence-corrected chi connectivity index (χ3v) is 2.91. The molecule has 1 aromatic heterocycles. The number of halogens is 3. The molecule has 0 amide bonds. The molecule has 0 radical (unpaired) electrons. The molecule has 2 aromatic rings. The molecule has 1 heterocycles. The van der Waals surface area contributed by atoms with Crippen LogP contribution in [0, 0.1) is 0 Å². The molecular weight excluding hydrogens is 251 g/mol. The van der Waals surface area contributed by atoms with E-state index in [9.17, 15) is 13.2 Å². The van der Waals surface area contributed by atoms with Crippen molar-refractivity contribution in [3.8, 4) is 11.1 Å². The summed E-state index contributed by atoms with van der Waals surface area (Å²) in [4.78, 5) is 4.13. The van der Waals surface area contributed by atoms with E-state index in [2.05, 4.69) is 4.98 Å². The van der Waals surface area contributed by atoms with Gasteiger partial charge in [-0.2, -0.15) is 13.2 Å². The van der Waals surface area contributed by atoms with Crippen LogP contribution >= 0.6 is 0 Å². The fourth-order valence-corrected chi connectivity index (χ4v) is 1.87. The molecule has 1 nitrogen and oxygen atoms in total. The van der Waals surface area contributed by atoms with Crippen molar-refractivity contribution in [3.63, 3.8) is 0 Å². The van der Waals surface area contributed by atoms with E-state index in [4.69, 9.17) is 0 Å². The van der Waals surface area contributed by atoms with Crippen LogP contribution in [0.1, 0.15) is 31.0 Å². The van der Waals surface area contributed by atoms with Gasteiger partial charge in [-0.1, -0.05) is 44.2 Å². The topological polar surface area (TPSA) is 12.9 Å². The van der Waals surface area contributed by atoms with Gasteiger partial charge < -0.3 is 0 Å². The Hall–Kier alpha value is -1.84. The molecule has 19 heavy (non-hydrogen) atoms. The van der Waals surface area contributed by atoms with E-state index in [1.54, 1.807) is 30.3 Å². The molecule has 0 aliphatic heterocycles. The molecule has 0 unspecified atom stereocenters. The van der Waals surface area contributed by atoms with Crippen LogP contribution in [-0.4, -0.2) is 4.98 Å². The number of nitrogens with zero attached hydrogens (tertiary/aromatic N) is 1. The minimum absolute atomic E-state index is 0.0362. The molecule has 100 valence electrons. The van der Waals surface area contributed by atoms with Gasteiger partial charge in [0.15, 0.2) is 0 Å². The van der Waals surface area contributed by atoms with E-state index in [-0.39, 0.29) is 11.5 Å². The Labute approximate surface area is 110 Å². The van der Waals surface area contributed by atoms with Gasteiger partial charge in [-0.3, -0.25) is 4.98 Å². The van der Waals surface area contributed by atoms with Gasteiger partial charge in [0, 0.05) is 17.5 Å². The molecule has 0 saturated carbocycles. The maximum atomic E-state index is 13.1. The first-order chi connectivity index (χ1) is 8.89. The molecule has 1 aromatic carbocycles. The molecule has 0 saturated heterocycles. The summed E-state index contributed by atoms with van der Waals surface area (Å²) in [5.74, 6) is -0.0362. The van der Waals surface area contributed by atoms with E-state index in [0.717, 1.165) is 6.07 Å². The van der Waals surface area contributed by atoms with Gasteiger partial charge in [0.25, 0.3) is 0 Å². The van der Waals surface area contributed by atoms with E-state index in [0.29, 0.717) is 11.3 Å². The average molecular weight is 265 g/mol. The highest BCUT2D eigenvalue weighted by Gasteiger charge is 2.34. The van der Waals surface area contributed by atoms with Crippen LogP contribution in [0.5, 0.6) is 0 Å². The minimum Gasteiger partial charge on any atom is -0.260 e. The maximum absolute atomic E-state index is 13.1. The number of alkyl halides is 3. The Morgan fingerprint density at radius 3 is 2.21 bits per heavy atom. The molecule has 0 aliphatic rings. The van der Waals surface area contributed by atoms with Crippen LogP contribution in [0.2, 0.25) is 0 Å². The van der Waals surface area contributed by atoms with Crippen LogP contribution in [-0.2, 0) is 6.18 Å². The van der Waals surface area contributed by atoms with Crippen LogP contribution in [0.4, 0.5) is 13.2 Å². The standard InChI is InChI=1S/C15H14F3N/c1-10(2)14-8-13(15(16,17)18)12(9-19-14)11-6-4-3-5-7-11/h3-10H,1-2H3. The Kier molecular flexibility index (Phi) is 3.60. The highest BCUT2D eigenvalue weighted by Crippen LogP contribution is 2.37. The molecule has 2 rings (SSSR count). The van der Waals surface area contributed by atoms with Crippen LogP contribution in [0.25, 0.3) is 11.1 Å². The van der Waals surface area contributed by atoms with Gasteiger partial charge in [-0.15, -0.1) is 0 Å². The minimum atomic E-state index is -4.38. The number of pyridine rings is 1. The average Bonchev–Trinajstić information content (AvgIpc) is 2.38. The zero-order valence-electron chi connectivity index (χ0n) is 10.7. The molecule has 0 N–H and O–H groups in total. The van der Waals surface area contributed by atoms with E-state index in [1.165, 1.54) is 6.20 Å². The molecule has 0 fully saturated rings. The van der Waals surface area contributed by atoms with Crippen molar-refractivity contribution < 1.29 is 13.2 Å². The number of aromatic nitrogens is 1. The van der Waals surface area contributed by atoms with Crippen molar-refractivity contribution in [2.24, 2.45) is 0 Å². The maximum Gasteiger partial charge on any atom is 0.417 e. The Bertz CT molecular complexity index is 559. The summed E-state index contributed by atoms with van der Waals surface area (Å²) in [6, 6.07) is 9.65. The predicted octanol–water partition coefficient (Wildman–Crippen LogP) is 4.89. The zero-order valence-corrected chi connectivity index (χ0v) is 10.7. The van der Waals surface area contributed by atoms with Gasteiger partial charge in [0.1, 0.15) is 0 Å². The lowest BCUT2D eigenvalue weighted by molar-refractivity contribution is -0.137. The van der Waals surface area contributed by atoms with E-state index in [1.807, 2.05) is 13.8 Å². The number of hydrogen-bond donors (Lipinski definition) is 0. The van der Waals surface area contributed by atoms with Crippen molar-refractivity contribution in [3.05, 3.63) is 53.9 Å². The third-order valence-electron chi connectivity index (χ3n) is 2.91. The highest BCUT2D eigenvalue weighted by molar-refractivity contribution is 5.67. The highest BCUT2D eigenvalue weighted by atomic mass is 19.4. The first-order valence-corrected chi connectivity index (χ1v) is 6.02. The van der Waals surface area contributed by atoms with Crippen molar-refractivity contribution in [1.29, 1.82) is 0 Å². The molecule has 0 spiro atoms. The lowest BCUT2D eigenvalue weighted by Crippen LogP contribution is -2.09. The van der Waals surface area contributed by atoms with E-state index < -0.39 is 11.7 Å². The molecule has 0 atom stereocenters. The van der Waals surface area contributed by atoms with Gasteiger partial charge in [-0.25, -0.2) is 0 Å². The second kappa shape index (κ2) is 5.03.